The Bertz CT molecular complexity index is 1060. The molecule has 3 N–H and O–H groups in total. The van der Waals surface area contributed by atoms with Gasteiger partial charge in [-0.15, -0.1) is 0 Å². The van der Waals surface area contributed by atoms with Crippen molar-refractivity contribution in [1.82, 2.24) is 10.6 Å². The molecule has 0 bridgehead atoms. The van der Waals surface area contributed by atoms with Crippen LogP contribution in [0.2, 0.25) is 0 Å². The monoisotopic (exact) mass is 476 g/mol. The van der Waals surface area contributed by atoms with Crippen LogP contribution in [0.3, 0.4) is 0 Å². The summed E-state index contributed by atoms with van der Waals surface area (Å²) in [4.78, 5) is 37.0. The molecule has 0 heterocycles. The molecule has 184 valence electrons. The average molecular weight is 477 g/mol. The minimum atomic E-state index is -1.00. The molecule has 2 fully saturated rings. The number of aliphatic carboxylic acids is 1. The summed E-state index contributed by atoms with van der Waals surface area (Å²) >= 11 is 0. The number of amides is 2. The van der Waals surface area contributed by atoms with Crippen LogP contribution in [0.25, 0.3) is 11.1 Å². The van der Waals surface area contributed by atoms with Gasteiger partial charge < -0.3 is 20.5 Å². The van der Waals surface area contributed by atoms with Crippen molar-refractivity contribution in [3.8, 4) is 11.1 Å². The third-order valence-corrected chi connectivity index (χ3v) is 7.67. The molecule has 35 heavy (non-hydrogen) atoms. The van der Waals surface area contributed by atoms with Gasteiger partial charge >= 0.3 is 12.1 Å². The van der Waals surface area contributed by atoms with Crippen LogP contribution in [-0.4, -0.2) is 41.8 Å². The summed E-state index contributed by atoms with van der Waals surface area (Å²) in [5.74, 6) is -0.785. The van der Waals surface area contributed by atoms with Crippen LogP contribution < -0.4 is 10.6 Å². The highest BCUT2D eigenvalue weighted by atomic mass is 16.5. The fraction of sp³-hybridized carbons (Fsp3) is 0.464. The van der Waals surface area contributed by atoms with Gasteiger partial charge in [0.25, 0.3) is 0 Å². The normalized spacial score (nSPS) is 18.5. The molecule has 7 nitrogen and oxygen atoms in total. The summed E-state index contributed by atoms with van der Waals surface area (Å²) in [6, 6.07) is 15.1. The molecular weight excluding hydrogens is 444 g/mol. The molecule has 0 saturated heterocycles. The molecule has 2 aromatic carbocycles. The highest BCUT2D eigenvalue weighted by Gasteiger charge is 2.34. The van der Waals surface area contributed by atoms with Crippen molar-refractivity contribution >= 4 is 18.0 Å². The Kier molecular flexibility index (Phi) is 6.75. The Morgan fingerprint density at radius 1 is 0.914 bits per heavy atom. The van der Waals surface area contributed by atoms with Crippen LogP contribution in [0.5, 0.6) is 0 Å². The van der Waals surface area contributed by atoms with Crippen LogP contribution in [0.1, 0.15) is 62.0 Å². The van der Waals surface area contributed by atoms with Crippen LogP contribution in [0.4, 0.5) is 4.79 Å². The molecule has 2 unspecified atom stereocenters. The molecular formula is C28H32N2O5. The lowest BCUT2D eigenvalue weighted by Crippen LogP contribution is -2.48. The average Bonchev–Trinajstić information content (AvgIpc) is 3.56. The number of alkyl carbamates (subject to hydrolysis) is 1. The molecule has 3 aliphatic rings. The van der Waals surface area contributed by atoms with E-state index in [0.29, 0.717) is 12.3 Å². The lowest BCUT2D eigenvalue weighted by molar-refractivity contribution is -0.142. The summed E-state index contributed by atoms with van der Waals surface area (Å²) in [5.41, 5.74) is 4.62. The van der Waals surface area contributed by atoms with Gasteiger partial charge in [0.2, 0.25) is 5.91 Å². The number of hydrogen-bond acceptors (Lipinski definition) is 4. The second-order valence-electron chi connectivity index (χ2n) is 10.1. The van der Waals surface area contributed by atoms with Crippen molar-refractivity contribution in [2.75, 3.05) is 6.61 Å². The third-order valence-electron chi connectivity index (χ3n) is 7.67. The lowest BCUT2D eigenvalue weighted by Gasteiger charge is -2.34. The second kappa shape index (κ2) is 10.1. The highest BCUT2D eigenvalue weighted by molar-refractivity contribution is 5.84. The minimum absolute atomic E-state index is 0.0302. The quantitative estimate of drug-likeness (QED) is 0.470. The predicted molar refractivity (Wildman–Crippen MR) is 131 cm³/mol. The SMILES string of the molecule is O=C(CC(NC(=O)OCC1c2ccccc2-c2ccccc21)C1CCC1)NC(CC1CC1)C(=O)O. The number of rotatable bonds is 10. The first-order valence-corrected chi connectivity index (χ1v) is 12.6. The number of ether oxygens (including phenoxy) is 1. The van der Waals surface area contributed by atoms with Gasteiger partial charge in [-0.2, -0.15) is 0 Å². The van der Waals surface area contributed by atoms with Crippen LogP contribution in [-0.2, 0) is 14.3 Å². The van der Waals surface area contributed by atoms with Gasteiger partial charge in [-0.3, -0.25) is 4.79 Å². The second-order valence-corrected chi connectivity index (χ2v) is 10.1. The summed E-state index contributed by atoms with van der Waals surface area (Å²) in [6.45, 7) is 0.214. The standard InChI is InChI=1S/C28H32N2O5/c31-26(29-25(27(32)33)14-17-12-13-17)15-24(18-6-5-7-18)30-28(34)35-16-23-21-10-3-1-8-19(21)20-9-2-4-11-22(20)23/h1-4,8-11,17-18,23-25H,5-7,12-16H2,(H,29,31)(H,30,34)(H,32,33). The van der Waals surface area contributed by atoms with E-state index in [0.717, 1.165) is 43.2 Å². The van der Waals surface area contributed by atoms with E-state index in [4.69, 9.17) is 4.74 Å². The maximum Gasteiger partial charge on any atom is 0.407 e. The number of carbonyl (C=O) groups excluding carboxylic acids is 2. The largest absolute Gasteiger partial charge is 0.480 e. The Morgan fingerprint density at radius 3 is 2.09 bits per heavy atom. The first kappa shape index (κ1) is 23.4. The van der Waals surface area contributed by atoms with Crippen molar-refractivity contribution in [1.29, 1.82) is 0 Å². The molecule has 2 aromatic rings. The van der Waals surface area contributed by atoms with E-state index in [1.54, 1.807) is 0 Å². The molecule has 0 spiro atoms. The fourth-order valence-corrected chi connectivity index (χ4v) is 5.33. The molecule has 2 amide bonds. The number of carboxylic acids is 1. The van der Waals surface area contributed by atoms with E-state index in [-0.39, 0.29) is 36.8 Å². The number of carbonyl (C=O) groups is 3. The number of nitrogens with one attached hydrogen (secondary N) is 2. The van der Waals surface area contributed by atoms with Crippen LogP contribution in [0, 0.1) is 11.8 Å². The minimum Gasteiger partial charge on any atom is -0.480 e. The van der Waals surface area contributed by atoms with Crippen molar-refractivity contribution in [3.63, 3.8) is 0 Å². The lowest BCUT2D eigenvalue weighted by atomic mass is 9.78. The van der Waals surface area contributed by atoms with Crippen molar-refractivity contribution in [3.05, 3.63) is 59.7 Å². The van der Waals surface area contributed by atoms with Crippen LogP contribution in [0.15, 0.2) is 48.5 Å². The van der Waals surface area contributed by atoms with E-state index in [2.05, 4.69) is 34.9 Å². The molecule has 2 saturated carbocycles. The number of hydrogen-bond donors (Lipinski definition) is 3. The van der Waals surface area contributed by atoms with Gasteiger partial charge in [-0.05, 0) is 53.4 Å². The zero-order chi connectivity index (χ0) is 24.4. The molecule has 7 heteroatoms. The van der Waals surface area contributed by atoms with Gasteiger partial charge in [-0.25, -0.2) is 9.59 Å². The Labute approximate surface area is 205 Å². The van der Waals surface area contributed by atoms with Gasteiger partial charge in [0, 0.05) is 18.4 Å². The highest BCUT2D eigenvalue weighted by Crippen LogP contribution is 2.44. The van der Waals surface area contributed by atoms with E-state index in [9.17, 15) is 19.5 Å². The van der Waals surface area contributed by atoms with Gasteiger partial charge in [0.05, 0.1) is 0 Å². The molecule has 5 rings (SSSR count). The number of benzene rings is 2. The maximum absolute atomic E-state index is 12.8. The zero-order valence-electron chi connectivity index (χ0n) is 19.7. The van der Waals surface area contributed by atoms with Gasteiger partial charge in [-0.1, -0.05) is 67.8 Å². The summed E-state index contributed by atoms with van der Waals surface area (Å²) in [6.07, 6.45) is 4.97. The third kappa shape index (κ3) is 5.34. The van der Waals surface area contributed by atoms with Crippen molar-refractivity contribution < 1.29 is 24.2 Å². The Morgan fingerprint density at radius 2 is 1.54 bits per heavy atom. The predicted octanol–water partition coefficient (Wildman–Crippen LogP) is 4.45. The Balaban J connectivity index is 1.19. The molecule has 0 radical (unpaired) electrons. The summed E-state index contributed by atoms with van der Waals surface area (Å²) < 4.78 is 5.67. The van der Waals surface area contributed by atoms with E-state index >= 15 is 0 Å². The fourth-order valence-electron chi connectivity index (χ4n) is 5.33. The van der Waals surface area contributed by atoms with E-state index in [1.165, 1.54) is 11.1 Å². The van der Waals surface area contributed by atoms with Crippen molar-refractivity contribution in [2.24, 2.45) is 11.8 Å². The molecule has 0 aromatic heterocycles. The van der Waals surface area contributed by atoms with Crippen LogP contribution >= 0.6 is 0 Å². The Hall–Kier alpha value is -3.35. The number of fused-ring (bicyclic) bond motifs is 3. The molecule has 0 aliphatic heterocycles. The topological polar surface area (TPSA) is 105 Å². The van der Waals surface area contributed by atoms with E-state index < -0.39 is 18.1 Å². The smallest absolute Gasteiger partial charge is 0.407 e. The summed E-state index contributed by atoms with van der Waals surface area (Å²) in [7, 11) is 0. The van der Waals surface area contributed by atoms with Gasteiger partial charge in [0.15, 0.2) is 0 Å². The van der Waals surface area contributed by atoms with E-state index in [1.807, 2.05) is 24.3 Å². The summed E-state index contributed by atoms with van der Waals surface area (Å²) in [5, 5.41) is 15.0. The van der Waals surface area contributed by atoms with Crippen molar-refractivity contribution in [2.45, 2.75) is 62.9 Å². The maximum atomic E-state index is 12.8. The number of carboxylic acid groups (broad SMARTS) is 1. The first-order valence-electron chi connectivity index (χ1n) is 12.6. The zero-order valence-corrected chi connectivity index (χ0v) is 19.7. The first-order chi connectivity index (χ1) is 17.0. The molecule has 2 atom stereocenters. The molecule has 3 aliphatic carbocycles. The van der Waals surface area contributed by atoms with Gasteiger partial charge in [0.1, 0.15) is 12.6 Å².